The number of aliphatic hydroxyl groups excluding tert-OH is 1. The third kappa shape index (κ3) is 7.72. The van der Waals surface area contributed by atoms with Crippen LogP contribution < -0.4 is 4.72 Å². The van der Waals surface area contributed by atoms with E-state index in [1.54, 1.807) is 0 Å². The van der Waals surface area contributed by atoms with E-state index in [2.05, 4.69) is 4.72 Å². The maximum absolute atomic E-state index is 11.4. The summed E-state index contributed by atoms with van der Waals surface area (Å²) in [4.78, 5) is 0. The highest BCUT2D eigenvalue weighted by Crippen LogP contribution is 2.04. The first kappa shape index (κ1) is 14.8. The molecular formula is C9H21NO4S. The Morgan fingerprint density at radius 2 is 1.93 bits per heavy atom. The molecular weight excluding hydrogens is 218 g/mol. The summed E-state index contributed by atoms with van der Waals surface area (Å²) in [6.45, 7) is 4.63. The SMILES string of the molecule is CC(C)CCS(=O)(=O)NCC(C)(O)CO. The molecule has 5 nitrogen and oxygen atoms in total. The van der Waals surface area contributed by atoms with E-state index in [4.69, 9.17) is 5.11 Å². The van der Waals surface area contributed by atoms with Crippen molar-refractivity contribution in [2.75, 3.05) is 18.9 Å². The van der Waals surface area contributed by atoms with Crippen LogP contribution in [0.4, 0.5) is 0 Å². The third-order valence-electron chi connectivity index (χ3n) is 1.98. The molecule has 0 aliphatic heterocycles. The average Bonchev–Trinajstić information content (AvgIpc) is 2.13. The summed E-state index contributed by atoms with van der Waals surface area (Å²) < 4.78 is 25.1. The summed E-state index contributed by atoms with van der Waals surface area (Å²) in [6.07, 6.45) is 0.580. The topological polar surface area (TPSA) is 86.6 Å². The molecule has 0 heterocycles. The molecule has 1 atom stereocenters. The zero-order chi connectivity index (χ0) is 12.1. The number of rotatable bonds is 7. The van der Waals surface area contributed by atoms with Crippen molar-refractivity contribution < 1.29 is 18.6 Å². The van der Waals surface area contributed by atoms with Gasteiger partial charge in [-0.2, -0.15) is 0 Å². The molecule has 0 aliphatic rings. The zero-order valence-corrected chi connectivity index (χ0v) is 10.3. The molecule has 92 valence electrons. The van der Waals surface area contributed by atoms with Crippen LogP contribution in [0.1, 0.15) is 27.2 Å². The standard InChI is InChI=1S/C9H21NO4S/c1-8(2)4-5-15(13,14)10-6-9(3,12)7-11/h8,10-12H,4-7H2,1-3H3. The molecule has 0 aromatic heterocycles. The predicted octanol–water partition coefficient (Wildman–Crippen LogP) is -0.305. The number of hydrogen-bond donors (Lipinski definition) is 3. The molecule has 0 bridgehead atoms. The Morgan fingerprint density at radius 1 is 1.40 bits per heavy atom. The molecule has 1 unspecified atom stereocenters. The van der Waals surface area contributed by atoms with E-state index < -0.39 is 22.2 Å². The van der Waals surface area contributed by atoms with Gasteiger partial charge in [0.2, 0.25) is 10.0 Å². The van der Waals surface area contributed by atoms with Gasteiger partial charge in [0.1, 0.15) is 0 Å². The summed E-state index contributed by atoms with van der Waals surface area (Å²) in [7, 11) is -3.34. The van der Waals surface area contributed by atoms with Crippen molar-refractivity contribution in [3.8, 4) is 0 Å². The molecule has 6 heteroatoms. The highest BCUT2D eigenvalue weighted by atomic mass is 32.2. The monoisotopic (exact) mass is 239 g/mol. The third-order valence-corrected chi connectivity index (χ3v) is 3.33. The summed E-state index contributed by atoms with van der Waals surface area (Å²) >= 11 is 0. The van der Waals surface area contributed by atoms with E-state index in [1.165, 1.54) is 6.92 Å². The van der Waals surface area contributed by atoms with Crippen molar-refractivity contribution in [3.63, 3.8) is 0 Å². The largest absolute Gasteiger partial charge is 0.393 e. The van der Waals surface area contributed by atoms with Crippen LogP contribution in [-0.2, 0) is 10.0 Å². The Bertz CT molecular complexity index is 272. The van der Waals surface area contributed by atoms with E-state index >= 15 is 0 Å². The predicted molar refractivity (Wildman–Crippen MR) is 59.0 cm³/mol. The highest BCUT2D eigenvalue weighted by molar-refractivity contribution is 7.89. The highest BCUT2D eigenvalue weighted by Gasteiger charge is 2.22. The van der Waals surface area contributed by atoms with E-state index in [0.29, 0.717) is 12.3 Å². The van der Waals surface area contributed by atoms with Gasteiger partial charge in [-0.3, -0.25) is 0 Å². The molecule has 15 heavy (non-hydrogen) atoms. The fourth-order valence-corrected chi connectivity index (χ4v) is 2.24. The zero-order valence-electron chi connectivity index (χ0n) is 9.52. The smallest absolute Gasteiger partial charge is 0.211 e. The van der Waals surface area contributed by atoms with Gasteiger partial charge in [0.25, 0.3) is 0 Å². The molecule has 0 spiro atoms. The van der Waals surface area contributed by atoms with E-state index in [-0.39, 0.29) is 12.3 Å². The van der Waals surface area contributed by atoms with Crippen LogP contribution in [0, 0.1) is 5.92 Å². The van der Waals surface area contributed by atoms with Crippen LogP contribution >= 0.6 is 0 Å². The van der Waals surface area contributed by atoms with E-state index in [0.717, 1.165) is 0 Å². The lowest BCUT2D eigenvalue weighted by Gasteiger charge is -2.20. The van der Waals surface area contributed by atoms with Crippen molar-refractivity contribution in [1.29, 1.82) is 0 Å². The summed E-state index contributed by atoms with van der Waals surface area (Å²) in [6, 6.07) is 0. The molecule has 0 aromatic carbocycles. The van der Waals surface area contributed by atoms with Gasteiger partial charge in [-0.05, 0) is 19.3 Å². The van der Waals surface area contributed by atoms with Gasteiger partial charge in [0, 0.05) is 6.54 Å². The minimum atomic E-state index is -3.34. The first-order chi connectivity index (χ1) is 6.68. The van der Waals surface area contributed by atoms with Gasteiger partial charge in [0.05, 0.1) is 18.0 Å². The van der Waals surface area contributed by atoms with E-state index in [9.17, 15) is 13.5 Å². The number of hydrogen-bond acceptors (Lipinski definition) is 4. The Balaban J connectivity index is 4.05. The van der Waals surface area contributed by atoms with Crippen LogP contribution in [-0.4, -0.2) is 43.1 Å². The minimum absolute atomic E-state index is 0.0478. The lowest BCUT2D eigenvalue weighted by Crippen LogP contribution is -2.43. The van der Waals surface area contributed by atoms with Crippen molar-refractivity contribution >= 4 is 10.0 Å². The van der Waals surface area contributed by atoms with E-state index in [1.807, 2.05) is 13.8 Å². The quantitative estimate of drug-likeness (QED) is 0.569. The molecule has 3 N–H and O–H groups in total. The Morgan fingerprint density at radius 3 is 2.33 bits per heavy atom. The van der Waals surface area contributed by atoms with Gasteiger partial charge < -0.3 is 10.2 Å². The van der Waals surface area contributed by atoms with Crippen LogP contribution in [0.5, 0.6) is 0 Å². The van der Waals surface area contributed by atoms with Crippen molar-refractivity contribution in [2.45, 2.75) is 32.8 Å². The Labute approximate surface area is 91.6 Å². The molecule has 0 saturated carbocycles. The molecule has 0 saturated heterocycles. The molecule has 0 fully saturated rings. The molecule has 0 aliphatic carbocycles. The van der Waals surface area contributed by atoms with Gasteiger partial charge in [-0.15, -0.1) is 0 Å². The minimum Gasteiger partial charge on any atom is -0.393 e. The summed E-state index contributed by atoms with van der Waals surface area (Å²) in [5.74, 6) is 0.367. The number of nitrogens with one attached hydrogen (secondary N) is 1. The van der Waals surface area contributed by atoms with Crippen LogP contribution in [0.2, 0.25) is 0 Å². The second-order valence-corrected chi connectivity index (χ2v) is 6.40. The molecule has 0 amide bonds. The van der Waals surface area contributed by atoms with Crippen molar-refractivity contribution in [3.05, 3.63) is 0 Å². The fourth-order valence-electron chi connectivity index (χ4n) is 0.784. The van der Waals surface area contributed by atoms with Crippen LogP contribution in [0.15, 0.2) is 0 Å². The number of aliphatic hydroxyl groups is 2. The Hall–Kier alpha value is -0.170. The molecule has 0 radical (unpaired) electrons. The second kappa shape index (κ2) is 5.79. The van der Waals surface area contributed by atoms with Gasteiger partial charge >= 0.3 is 0 Å². The van der Waals surface area contributed by atoms with Crippen molar-refractivity contribution in [2.24, 2.45) is 5.92 Å². The first-order valence-electron chi connectivity index (χ1n) is 4.99. The Kier molecular flexibility index (Phi) is 5.72. The second-order valence-electron chi connectivity index (χ2n) is 4.48. The first-order valence-corrected chi connectivity index (χ1v) is 6.64. The summed E-state index contributed by atoms with van der Waals surface area (Å²) in [5.41, 5.74) is -1.40. The van der Waals surface area contributed by atoms with Crippen LogP contribution in [0.3, 0.4) is 0 Å². The van der Waals surface area contributed by atoms with Gasteiger partial charge in [-0.1, -0.05) is 13.8 Å². The normalized spacial score (nSPS) is 16.7. The maximum atomic E-state index is 11.4. The lowest BCUT2D eigenvalue weighted by molar-refractivity contribution is 0.00681. The van der Waals surface area contributed by atoms with Gasteiger partial charge in [0.15, 0.2) is 0 Å². The fraction of sp³-hybridized carbons (Fsp3) is 1.00. The maximum Gasteiger partial charge on any atom is 0.211 e. The van der Waals surface area contributed by atoms with Crippen molar-refractivity contribution in [1.82, 2.24) is 4.72 Å². The molecule has 0 rings (SSSR count). The number of sulfonamides is 1. The molecule has 0 aromatic rings. The van der Waals surface area contributed by atoms with Crippen LogP contribution in [0.25, 0.3) is 0 Å². The summed E-state index contributed by atoms with van der Waals surface area (Å²) in [5, 5.41) is 18.1. The average molecular weight is 239 g/mol. The lowest BCUT2D eigenvalue weighted by atomic mass is 10.1. The van der Waals surface area contributed by atoms with Gasteiger partial charge in [-0.25, -0.2) is 13.1 Å².